The van der Waals surface area contributed by atoms with Gasteiger partial charge in [-0.1, -0.05) is 6.07 Å². The summed E-state index contributed by atoms with van der Waals surface area (Å²) in [5, 5.41) is 4.68. The first kappa shape index (κ1) is 14.6. The topological polar surface area (TPSA) is 55.4 Å². The van der Waals surface area contributed by atoms with Crippen LogP contribution in [0, 0.1) is 0 Å². The minimum atomic E-state index is -0.259. The fraction of sp³-hybridized carbons (Fsp3) is 0.143. The summed E-state index contributed by atoms with van der Waals surface area (Å²) in [6.07, 6.45) is 0. The van der Waals surface area contributed by atoms with Crippen molar-refractivity contribution in [2.24, 2.45) is 0 Å². The van der Waals surface area contributed by atoms with Crippen LogP contribution in [0.2, 0.25) is 0 Å². The third-order valence-corrected chi connectivity index (χ3v) is 4.30. The summed E-state index contributed by atoms with van der Waals surface area (Å²) in [7, 11) is 1.37. The van der Waals surface area contributed by atoms with Crippen LogP contribution in [0.25, 0.3) is 0 Å². The predicted octanol–water partition coefficient (Wildman–Crippen LogP) is 3.27. The second kappa shape index (κ2) is 7.12. The molecule has 1 N–H and O–H groups in total. The van der Waals surface area contributed by atoms with Crippen molar-refractivity contribution in [3.63, 3.8) is 0 Å². The van der Waals surface area contributed by atoms with E-state index in [0.717, 1.165) is 10.6 Å². The number of amides is 1. The number of benzene rings is 1. The number of ether oxygens (including phenoxy) is 1. The second-order valence-corrected chi connectivity index (χ2v) is 5.82. The third-order valence-electron chi connectivity index (χ3n) is 2.44. The lowest BCUT2D eigenvalue weighted by atomic mass is 10.3. The zero-order valence-corrected chi connectivity index (χ0v) is 12.4. The molecule has 1 heterocycles. The SMILES string of the molecule is COC(=O)CSc1ccc(NC(=O)c2cccs2)cc1. The summed E-state index contributed by atoms with van der Waals surface area (Å²) in [6, 6.07) is 11.0. The molecule has 0 spiro atoms. The maximum Gasteiger partial charge on any atom is 0.315 e. The van der Waals surface area contributed by atoms with E-state index in [9.17, 15) is 9.59 Å². The summed E-state index contributed by atoms with van der Waals surface area (Å²) in [5.74, 6) is -0.0998. The number of thiophene rings is 1. The Morgan fingerprint density at radius 3 is 2.60 bits per heavy atom. The van der Waals surface area contributed by atoms with Gasteiger partial charge in [0, 0.05) is 10.6 Å². The molecule has 0 radical (unpaired) electrons. The minimum Gasteiger partial charge on any atom is -0.468 e. The number of carbonyl (C=O) groups excluding carboxylic acids is 2. The van der Waals surface area contributed by atoms with Gasteiger partial charge in [0.25, 0.3) is 5.91 Å². The molecule has 2 aromatic rings. The van der Waals surface area contributed by atoms with Crippen LogP contribution in [0.4, 0.5) is 5.69 Å². The molecule has 0 atom stereocenters. The Labute approximate surface area is 125 Å². The number of hydrogen-bond acceptors (Lipinski definition) is 5. The van der Waals surface area contributed by atoms with Crippen LogP contribution < -0.4 is 5.32 Å². The van der Waals surface area contributed by atoms with Crippen LogP contribution >= 0.6 is 23.1 Å². The van der Waals surface area contributed by atoms with Crippen LogP contribution in [0.5, 0.6) is 0 Å². The highest BCUT2D eigenvalue weighted by atomic mass is 32.2. The molecule has 6 heteroatoms. The zero-order valence-electron chi connectivity index (χ0n) is 10.8. The number of esters is 1. The molecule has 4 nitrogen and oxygen atoms in total. The van der Waals surface area contributed by atoms with Gasteiger partial charge in [0.2, 0.25) is 0 Å². The standard InChI is InChI=1S/C14H13NO3S2/c1-18-13(16)9-20-11-6-4-10(5-7-11)15-14(17)12-3-2-8-19-12/h2-8H,9H2,1H3,(H,15,17). The molecule has 0 saturated heterocycles. The van der Waals surface area contributed by atoms with E-state index < -0.39 is 0 Å². The van der Waals surface area contributed by atoms with E-state index in [2.05, 4.69) is 10.1 Å². The van der Waals surface area contributed by atoms with Crippen LogP contribution in [-0.4, -0.2) is 24.7 Å². The Hall–Kier alpha value is -1.79. The Kier molecular flexibility index (Phi) is 5.20. The predicted molar refractivity (Wildman–Crippen MR) is 81.5 cm³/mol. The fourth-order valence-electron chi connectivity index (χ4n) is 1.44. The van der Waals surface area contributed by atoms with Gasteiger partial charge in [-0.25, -0.2) is 0 Å². The Balaban J connectivity index is 1.91. The Morgan fingerprint density at radius 1 is 1.25 bits per heavy atom. The van der Waals surface area contributed by atoms with Crippen molar-refractivity contribution in [2.45, 2.75) is 4.90 Å². The number of rotatable bonds is 5. The van der Waals surface area contributed by atoms with Gasteiger partial charge < -0.3 is 10.1 Å². The smallest absolute Gasteiger partial charge is 0.315 e. The van der Waals surface area contributed by atoms with E-state index in [1.54, 1.807) is 6.07 Å². The highest BCUT2D eigenvalue weighted by Gasteiger charge is 2.07. The molecule has 1 aromatic carbocycles. The molecule has 2 rings (SSSR count). The molecule has 0 fully saturated rings. The first-order valence-corrected chi connectivity index (χ1v) is 7.70. The quantitative estimate of drug-likeness (QED) is 0.680. The number of hydrogen-bond donors (Lipinski definition) is 1. The van der Waals surface area contributed by atoms with Crippen molar-refractivity contribution in [1.82, 2.24) is 0 Å². The molecule has 0 aliphatic heterocycles. The fourth-order valence-corrected chi connectivity index (χ4v) is 2.79. The van der Waals surface area contributed by atoms with Crippen molar-refractivity contribution in [1.29, 1.82) is 0 Å². The molecule has 104 valence electrons. The molecular formula is C14H13NO3S2. The number of methoxy groups -OCH3 is 1. The highest BCUT2D eigenvalue weighted by molar-refractivity contribution is 8.00. The van der Waals surface area contributed by atoms with Crippen LogP contribution in [-0.2, 0) is 9.53 Å². The molecule has 1 aromatic heterocycles. The molecule has 1 amide bonds. The van der Waals surface area contributed by atoms with Gasteiger partial charge in [-0.15, -0.1) is 23.1 Å². The lowest BCUT2D eigenvalue weighted by molar-refractivity contribution is -0.137. The number of anilines is 1. The van der Waals surface area contributed by atoms with Gasteiger partial charge in [0.15, 0.2) is 0 Å². The Morgan fingerprint density at radius 2 is 2.00 bits per heavy atom. The van der Waals surface area contributed by atoms with Crippen molar-refractivity contribution in [2.75, 3.05) is 18.2 Å². The van der Waals surface area contributed by atoms with E-state index in [-0.39, 0.29) is 17.6 Å². The number of thioether (sulfide) groups is 1. The first-order chi connectivity index (χ1) is 9.69. The monoisotopic (exact) mass is 307 g/mol. The van der Waals surface area contributed by atoms with Crippen molar-refractivity contribution < 1.29 is 14.3 Å². The second-order valence-electron chi connectivity index (χ2n) is 3.82. The summed E-state index contributed by atoms with van der Waals surface area (Å²) >= 11 is 2.79. The highest BCUT2D eigenvalue weighted by Crippen LogP contribution is 2.21. The van der Waals surface area contributed by atoms with Gasteiger partial charge in [-0.2, -0.15) is 0 Å². The molecular weight excluding hydrogens is 294 g/mol. The van der Waals surface area contributed by atoms with Gasteiger partial charge in [-0.05, 0) is 35.7 Å². The normalized spacial score (nSPS) is 10.1. The van der Waals surface area contributed by atoms with Crippen LogP contribution in [0.1, 0.15) is 9.67 Å². The van der Waals surface area contributed by atoms with Gasteiger partial charge in [-0.3, -0.25) is 9.59 Å². The molecule has 20 heavy (non-hydrogen) atoms. The van der Waals surface area contributed by atoms with E-state index in [0.29, 0.717) is 4.88 Å². The summed E-state index contributed by atoms with van der Waals surface area (Å²) in [5.41, 5.74) is 0.728. The van der Waals surface area contributed by atoms with Crippen molar-refractivity contribution in [3.05, 3.63) is 46.7 Å². The summed E-state index contributed by atoms with van der Waals surface area (Å²) in [4.78, 5) is 24.5. The summed E-state index contributed by atoms with van der Waals surface area (Å²) in [6.45, 7) is 0. The average Bonchev–Trinajstić information content (AvgIpc) is 3.00. The molecule has 0 unspecified atom stereocenters. The maximum atomic E-state index is 11.8. The lowest BCUT2D eigenvalue weighted by Gasteiger charge is -2.05. The molecule has 0 aliphatic rings. The molecule has 0 bridgehead atoms. The lowest BCUT2D eigenvalue weighted by Crippen LogP contribution is -2.09. The van der Waals surface area contributed by atoms with Gasteiger partial charge >= 0.3 is 5.97 Å². The van der Waals surface area contributed by atoms with E-state index in [1.165, 1.54) is 30.2 Å². The Bertz CT molecular complexity index is 579. The van der Waals surface area contributed by atoms with Gasteiger partial charge in [0.05, 0.1) is 17.7 Å². The summed E-state index contributed by atoms with van der Waals surface area (Å²) < 4.78 is 4.57. The van der Waals surface area contributed by atoms with E-state index >= 15 is 0 Å². The van der Waals surface area contributed by atoms with Crippen LogP contribution in [0.15, 0.2) is 46.7 Å². The maximum absolute atomic E-state index is 11.8. The molecule has 0 saturated carbocycles. The van der Waals surface area contributed by atoms with E-state index in [1.807, 2.05) is 35.7 Å². The number of carbonyl (C=O) groups is 2. The van der Waals surface area contributed by atoms with Crippen molar-refractivity contribution >= 4 is 40.7 Å². The average molecular weight is 307 g/mol. The number of nitrogens with one attached hydrogen (secondary N) is 1. The zero-order chi connectivity index (χ0) is 14.4. The van der Waals surface area contributed by atoms with Gasteiger partial charge in [0.1, 0.15) is 0 Å². The van der Waals surface area contributed by atoms with Crippen LogP contribution in [0.3, 0.4) is 0 Å². The van der Waals surface area contributed by atoms with Crippen molar-refractivity contribution in [3.8, 4) is 0 Å². The minimum absolute atomic E-state index is 0.116. The largest absolute Gasteiger partial charge is 0.468 e. The molecule has 0 aliphatic carbocycles. The first-order valence-electron chi connectivity index (χ1n) is 5.83. The van der Waals surface area contributed by atoms with E-state index in [4.69, 9.17) is 0 Å². The third kappa shape index (κ3) is 4.11.